The van der Waals surface area contributed by atoms with Gasteiger partial charge < -0.3 is 15.5 Å². The van der Waals surface area contributed by atoms with Gasteiger partial charge >= 0.3 is 6.03 Å². The van der Waals surface area contributed by atoms with Crippen molar-refractivity contribution in [2.45, 2.75) is 13.0 Å². The average Bonchev–Trinajstić information content (AvgIpc) is 2.62. The second-order valence-electron chi connectivity index (χ2n) is 6.08. The number of urea groups is 1. The maximum Gasteiger partial charge on any atom is 0.322 e. The summed E-state index contributed by atoms with van der Waals surface area (Å²) in [4.78, 5) is 26.2. The van der Waals surface area contributed by atoms with Crippen LogP contribution in [0.4, 0.5) is 23.7 Å². The molecule has 1 aliphatic heterocycles. The monoisotopic (exact) mass is 375 g/mol. The Bertz CT molecular complexity index is 959. The molecule has 2 aromatic carbocycles. The molecule has 3 rings (SSSR count). The molecule has 3 amide bonds. The number of halogens is 3. The predicted octanol–water partition coefficient (Wildman–Crippen LogP) is 3.71. The summed E-state index contributed by atoms with van der Waals surface area (Å²) in [5.41, 5.74) is 0.948. The van der Waals surface area contributed by atoms with Gasteiger partial charge in [-0.05, 0) is 36.8 Å². The van der Waals surface area contributed by atoms with Crippen molar-refractivity contribution in [1.29, 1.82) is 0 Å². The van der Waals surface area contributed by atoms with Crippen molar-refractivity contribution in [2.24, 2.45) is 0 Å². The molecule has 0 spiro atoms. The van der Waals surface area contributed by atoms with E-state index in [1.807, 2.05) is 0 Å². The van der Waals surface area contributed by atoms with Crippen LogP contribution in [0.15, 0.2) is 53.7 Å². The fourth-order valence-corrected chi connectivity index (χ4v) is 2.84. The first-order chi connectivity index (χ1) is 12.8. The molecule has 1 aliphatic rings. The third-order valence-electron chi connectivity index (χ3n) is 4.36. The first-order valence-corrected chi connectivity index (χ1v) is 8.05. The van der Waals surface area contributed by atoms with E-state index in [1.54, 1.807) is 13.0 Å². The number of hydrogen-bond acceptors (Lipinski definition) is 2. The number of nitrogens with zero attached hydrogens (tertiary/aromatic N) is 1. The van der Waals surface area contributed by atoms with Gasteiger partial charge in [-0.25, -0.2) is 18.0 Å². The third kappa shape index (κ3) is 3.64. The van der Waals surface area contributed by atoms with Gasteiger partial charge in [0, 0.05) is 24.5 Å². The van der Waals surface area contributed by atoms with Crippen LogP contribution < -0.4 is 10.6 Å². The van der Waals surface area contributed by atoms with E-state index in [4.69, 9.17) is 0 Å². The Hall–Kier alpha value is -3.29. The van der Waals surface area contributed by atoms with Crippen LogP contribution in [-0.4, -0.2) is 23.9 Å². The molecular weight excluding hydrogens is 359 g/mol. The molecule has 140 valence electrons. The summed E-state index contributed by atoms with van der Waals surface area (Å²) < 4.78 is 40.1. The van der Waals surface area contributed by atoms with Crippen LogP contribution in [0.25, 0.3) is 0 Å². The third-order valence-corrected chi connectivity index (χ3v) is 4.36. The Morgan fingerprint density at radius 1 is 1.11 bits per heavy atom. The Balaban J connectivity index is 2.00. The maximum absolute atomic E-state index is 13.6. The number of rotatable bonds is 3. The molecule has 8 heteroatoms. The topological polar surface area (TPSA) is 61.4 Å². The van der Waals surface area contributed by atoms with Crippen molar-refractivity contribution in [2.75, 3.05) is 12.4 Å². The zero-order chi connectivity index (χ0) is 19.7. The van der Waals surface area contributed by atoms with E-state index in [-0.39, 0.29) is 11.3 Å². The van der Waals surface area contributed by atoms with Crippen LogP contribution in [0.1, 0.15) is 18.5 Å². The molecule has 0 bridgehead atoms. The van der Waals surface area contributed by atoms with Crippen LogP contribution in [-0.2, 0) is 4.79 Å². The summed E-state index contributed by atoms with van der Waals surface area (Å²) in [7, 11) is 1.48. The summed E-state index contributed by atoms with van der Waals surface area (Å²) in [6.45, 7) is 1.57. The zero-order valence-electron chi connectivity index (χ0n) is 14.5. The van der Waals surface area contributed by atoms with Crippen LogP contribution in [0.2, 0.25) is 0 Å². The SMILES string of the molecule is CC1=C(C(=O)Nc2ccc(F)c(F)c2)[C@H](c2cccc(F)c2)NC(=O)N1C. The number of carbonyl (C=O) groups excluding carboxylic acids is 2. The molecular formula is C19H16F3N3O2. The van der Waals surface area contributed by atoms with E-state index in [0.29, 0.717) is 11.3 Å². The Kier molecular flexibility index (Phi) is 4.89. The van der Waals surface area contributed by atoms with Crippen molar-refractivity contribution in [3.8, 4) is 0 Å². The molecule has 1 heterocycles. The van der Waals surface area contributed by atoms with E-state index in [1.165, 1.54) is 36.2 Å². The zero-order valence-corrected chi connectivity index (χ0v) is 14.5. The minimum atomic E-state index is -1.10. The summed E-state index contributed by atoms with van der Waals surface area (Å²) >= 11 is 0. The summed E-state index contributed by atoms with van der Waals surface area (Å²) in [5, 5.41) is 5.13. The summed E-state index contributed by atoms with van der Waals surface area (Å²) in [6, 6.07) is 7.13. The quantitative estimate of drug-likeness (QED) is 0.859. The van der Waals surface area contributed by atoms with Crippen molar-refractivity contribution >= 4 is 17.6 Å². The van der Waals surface area contributed by atoms with Gasteiger partial charge in [-0.2, -0.15) is 0 Å². The first kappa shape index (κ1) is 18.5. The smallest absolute Gasteiger partial charge is 0.322 e. The molecule has 0 unspecified atom stereocenters. The lowest BCUT2D eigenvalue weighted by Crippen LogP contribution is -2.46. The first-order valence-electron chi connectivity index (χ1n) is 8.05. The van der Waals surface area contributed by atoms with Gasteiger partial charge in [-0.3, -0.25) is 4.79 Å². The molecule has 27 heavy (non-hydrogen) atoms. The van der Waals surface area contributed by atoms with E-state index in [9.17, 15) is 22.8 Å². The van der Waals surface area contributed by atoms with Crippen LogP contribution in [0.3, 0.4) is 0 Å². The number of benzene rings is 2. The van der Waals surface area contributed by atoms with Gasteiger partial charge in [0.1, 0.15) is 5.82 Å². The molecule has 0 saturated heterocycles. The second-order valence-corrected chi connectivity index (χ2v) is 6.08. The molecule has 0 saturated carbocycles. The van der Waals surface area contributed by atoms with Gasteiger partial charge in [0.15, 0.2) is 11.6 Å². The minimum Gasteiger partial charge on any atom is -0.327 e. The molecule has 5 nitrogen and oxygen atoms in total. The lowest BCUT2D eigenvalue weighted by Gasteiger charge is -2.33. The van der Waals surface area contributed by atoms with Crippen LogP contribution >= 0.6 is 0 Å². The van der Waals surface area contributed by atoms with Crippen molar-refractivity contribution < 1.29 is 22.8 Å². The molecule has 2 N–H and O–H groups in total. The number of allylic oxidation sites excluding steroid dienone is 1. The van der Waals surface area contributed by atoms with Crippen molar-refractivity contribution in [3.63, 3.8) is 0 Å². The van der Waals surface area contributed by atoms with Crippen LogP contribution in [0, 0.1) is 17.5 Å². The maximum atomic E-state index is 13.6. The standard InChI is InChI=1S/C19H16F3N3O2/c1-10-16(18(26)23-13-6-7-14(21)15(22)9-13)17(24-19(27)25(10)2)11-4-3-5-12(20)8-11/h3-9,17H,1-2H3,(H,23,26)(H,24,27)/t17-/m0/s1. The highest BCUT2D eigenvalue weighted by Crippen LogP contribution is 2.31. The highest BCUT2D eigenvalue weighted by molar-refractivity contribution is 6.06. The van der Waals surface area contributed by atoms with E-state index in [2.05, 4.69) is 10.6 Å². The predicted molar refractivity (Wildman–Crippen MR) is 93.1 cm³/mol. The Morgan fingerprint density at radius 3 is 2.52 bits per heavy atom. The molecule has 0 aliphatic carbocycles. The van der Waals surface area contributed by atoms with Crippen molar-refractivity contribution in [3.05, 3.63) is 76.7 Å². The Morgan fingerprint density at radius 2 is 1.85 bits per heavy atom. The number of hydrogen-bond donors (Lipinski definition) is 2. The summed E-state index contributed by atoms with van der Waals surface area (Å²) in [6.07, 6.45) is 0. The fraction of sp³-hybridized carbons (Fsp3) is 0.158. The molecule has 0 aromatic heterocycles. The fourth-order valence-electron chi connectivity index (χ4n) is 2.84. The van der Waals surface area contributed by atoms with E-state index < -0.39 is 35.4 Å². The highest BCUT2D eigenvalue weighted by Gasteiger charge is 2.34. The lowest BCUT2D eigenvalue weighted by atomic mass is 9.94. The number of anilines is 1. The molecule has 0 fully saturated rings. The average molecular weight is 375 g/mol. The molecule has 1 atom stereocenters. The largest absolute Gasteiger partial charge is 0.327 e. The summed E-state index contributed by atoms with van der Waals surface area (Å²) in [5.74, 6) is -3.28. The van der Waals surface area contributed by atoms with E-state index >= 15 is 0 Å². The van der Waals surface area contributed by atoms with Gasteiger partial charge in [-0.1, -0.05) is 12.1 Å². The van der Waals surface area contributed by atoms with Gasteiger partial charge in [0.25, 0.3) is 5.91 Å². The highest BCUT2D eigenvalue weighted by atomic mass is 19.2. The van der Waals surface area contributed by atoms with Gasteiger partial charge in [0.05, 0.1) is 11.6 Å². The van der Waals surface area contributed by atoms with Gasteiger partial charge in [0.2, 0.25) is 0 Å². The normalized spacial score (nSPS) is 17.0. The number of nitrogens with one attached hydrogen (secondary N) is 2. The van der Waals surface area contributed by atoms with Crippen LogP contribution in [0.5, 0.6) is 0 Å². The second kappa shape index (κ2) is 7.14. The number of carbonyl (C=O) groups is 2. The van der Waals surface area contributed by atoms with Crippen molar-refractivity contribution in [1.82, 2.24) is 10.2 Å². The lowest BCUT2D eigenvalue weighted by molar-refractivity contribution is -0.113. The Labute approximate surface area is 153 Å². The molecule has 0 radical (unpaired) electrons. The van der Waals surface area contributed by atoms with E-state index in [0.717, 1.165) is 12.1 Å². The van der Waals surface area contributed by atoms with Gasteiger partial charge in [-0.15, -0.1) is 0 Å². The minimum absolute atomic E-state index is 0.0525. The number of amides is 3. The molecule has 2 aromatic rings.